The summed E-state index contributed by atoms with van der Waals surface area (Å²) < 4.78 is 37.7. The molecule has 2 atom stereocenters. The Bertz CT molecular complexity index is 475. The summed E-state index contributed by atoms with van der Waals surface area (Å²) in [6, 6.07) is 2.56. The van der Waals surface area contributed by atoms with Crippen LogP contribution < -0.4 is 5.32 Å². The quantitative estimate of drug-likeness (QED) is 0.678. The van der Waals surface area contributed by atoms with Gasteiger partial charge in [0.2, 0.25) is 0 Å². The second kappa shape index (κ2) is 5.56. The zero-order valence-corrected chi connectivity index (χ0v) is 10.8. The number of halogens is 3. The standard InChI is InChI=1S/C12H15F3N2O2/c1-7(8(2)16-3)10-5-4-9(12(13,14)15)6-11(10)17(18)19/h4-8,16H,1-3H3. The molecular weight excluding hydrogens is 261 g/mol. The van der Waals surface area contributed by atoms with Gasteiger partial charge in [0.1, 0.15) is 0 Å². The highest BCUT2D eigenvalue weighted by atomic mass is 19.4. The van der Waals surface area contributed by atoms with Crippen LogP contribution in [0.25, 0.3) is 0 Å². The zero-order valence-electron chi connectivity index (χ0n) is 10.8. The van der Waals surface area contributed by atoms with Crippen molar-refractivity contribution < 1.29 is 18.1 Å². The second-order valence-corrected chi connectivity index (χ2v) is 4.39. The number of nitro groups is 1. The van der Waals surface area contributed by atoms with E-state index in [2.05, 4.69) is 5.32 Å². The van der Waals surface area contributed by atoms with E-state index < -0.39 is 22.4 Å². The van der Waals surface area contributed by atoms with E-state index in [4.69, 9.17) is 0 Å². The van der Waals surface area contributed by atoms with Crippen LogP contribution in [0, 0.1) is 10.1 Å². The van der Waals surface area contributed by atoms with Gasteiger partial charge in [0.15, 0.2) is 0 Å². The molecule has 0 aliphatic heterocycles. The van der Waals surface area contributed by atoms with Crippen LogP contribution >= 0.6 is 0 Å². The molecule has 1 aromatic carbocycles. The molecule has 0 spiro atoms. The normalized spacial score (nSPS) is 15.1. The highest BCUT2D eigenvalue weighted by molar-refractivity contribution is 5.46. The largest absolute Gasteiger partial charge is 0.416 e. The van der Waals surface area contributed by atoms with Crippen molar-refractivity contribution >= 4 is 5.69 Å². The summed E-state index contributed by atoms with van der Waals surface area (Å²) in [4.78, 5) is 10.2. The van der Waals surface area contributed by atoms with Gasteiger partial charge < -0.3 is 5.32 Å². The lowest BCUT2D eigenvalue weighted by Crippen LogP contribution is -2.27. The Kier molecular flexibility index (Phi) is 4.52. The molecule has 0 aliphatic rings. The molecule has 0 heterocycles. The van der Waals surface area contributed by atoms with E-state index in [1.54, 1.807) is 14.0 Å². The van der Waals surface area contributed by atoms with Crippen LogP contribution in [0.2, 0.25) is 0 Å². The molecule has 0 saturated heterocycles. The van der Waals surface area contributed by atoms with Gasteiger partial charge in [-0.05, 0) is 20.0 Å². The van der Waals surface area contributed by atoms with Gasteiger partial charge in [0.25, 0.3) is 5.69 Å². The summed E-state index contributed by atoms with van der Waals surface area (Å²) in [6.07, 6.45) is -4.58. The fraction of sp³-hybridized carbons (Fsp3) is 0.500. The fourth-order valence-corrected chi connectivity index (χ4v) is 1.78. The lowest BCUT2D eigenvalue weighted by atomic mass is 9.92. The maximum absolute atomic E-state index is 12.6. The summed E-state index contributed by atoms with van der Waals surface area (Å²) in [5, 5.41) is 13.9. The van der Waals surface area contributed by atoms with Crippen LogP contribution in [0.4, 0.5) is 18.9 Å². The van der Waals surface area contributed by atoms with E-state index in [1.165, 1.54) is 6.07 Å². The molecular formula is C12H15F3N2O2. The van der Waals surface area contributed by atoms with Crippen molar-refractivity contribution in [3.05, 3.63) is 39.4 Å². The molecule has 19 heavy (non-hydrogen) atoms. The first kappa shape index (κ1) is 15.4. The Labute approximate surface area is 108 Å². The molecule has 0 bridgehead atoms. The maximum atomic E-state index is 12.6. The predicted octanol–water partition coefficient (Wildman–Crippen LogP) is 3.33. The second-order valence-electron chi connectivity index (χ2n) is 4.39. The molecule has 0 radical (unpaired) electrons. The third kappa shape index (κ3) is 3.44. The van der Waals surface area contributed by atoms with Gasteiger partial charge in [-0.1, -0.05) is 13.0 Å². The van der Waals surface area contributed by atoms with Crippen LogP contribution in [0.15, 0.2) is 18.2 Å². The monoisotopic (exact) mass is 276 g/mol. The predicted molar refractivity (Wildman–Crippen MR) is 65.0 cm³/mol. The fourth-order valence-electron chi connectivity index (χ4n) is 1.78. The summed E-state index contributed by atoms with van der Waals surface area (Å²) >= 11 is 0. The molecule has 1 aromatic rings. The van der Waals surface area contributed by atoms with Gasteiger partial charge in [-0.3, -0.25) is 10.1 Å². The average Bonchev–Trinajstić information content (AvgIpc) is 2.35. The molecule has 1 N–H and O–H groups in total. The lowest BCUT2D eigenvalue weighted by molar-refractivity contribution is -0.386. The zero-order chi connectivity index (χ0) is 14.8. The molecule has 7 heteroatoms. The van der Waals surface area contributed by atoms with Crippen LogP contribution in [0.5, 0.6) is 0 Å². The number of likely N-dealkylation sites (N-methyl/N-ethyl adjacent to an activating group) is 1. The molecule has 1 rings (SSSR count). The molecule has 106 valence electrons. The van der Waals surface area contributed by atoms with Crippen molar-refractivity contribution in [2.45, 2.75) is 32.0 Å². The number of nitrogens with zero attached hydrogens (tertiary/aromatic N) is 1. The molecule has 2 unspecified atom stereocenters. The van der Waals surface area contributed by atoms with Crippen molar-refractivity contribution in [1.82, 2.24) is 5.32 Å². The number of nitrogens with one attached hydrogen (secondary N) is 1. The van der Waals surface area contributed by atoms with Crippen molar-refractivity contribution in [2.24, 2.45) is 0 Å². The summed E-state index contributed by atoms with van der Waals surface area (Å²) in [5.74, 6) is -0.271. The SMILES string of the molecule is CNC(C)C(C)c1ccc(C(F)(F)F)cc1[N+](=O)[O-]. The van der Waals surface area contributed by atoms with Gasteiger partial charge in [-0.25, -0.2) is 0 Å². The van der Waals surface area contributed by atoms with Crippen molar-refractivity contribution in [1.29, 1.82) is 0 Å². The van der Waals surface area contributed by atoms with E-state index in [9.17, 15) is 23.3 Å². The number of rotatable bonds is 4. The topological polar surface area (TPSA) is 55.2 Å². The lowest BCUT2D eigenvalue weighted by Gasteiger charge is -2.20. The molecule has 0 saturated carbocycles. The Morgan fingerprint density at radius 1 is 1.32 bits per heavy atom. The Morgan fingerprint density at radius 2 is 1.89 bits per heavy atom. The molecule has 0 aliphatic carbocycles. The number of benzene rings is 1. The minimum atomic E-state index is -4.58. The molecule has 0 aromatic heterocycles. The van der Waals surface area contributed by atoms with Crippen LogP contribution in [-0.4, -0.2) is 18.0 Å². The first-order valence-electron chi connectivity index (χ1n) is 5.71. The minimum Gasteiger partial charge on any atom is -0.317 e. The van der Waals surface area contributed by atoms with Crippen LogP contribution in [0.3, 0.4) is 0 Å². The molecule has 0 fully saturated rings. The smallest absolute Gasteiger partial charge is 0.317 e. The van der Waals surface area contributed by atoms with Crippen molar-refractivity contribution in [2.75, 3.05) is 7.05 Å². The van der Waals surface area contributed by atoms with Crippen molar-refractivity contribution in [3.63, 3.8) is 0 Å². The first-order valence-corrected chi connectivity index (χ1v) is 5.71. The number of hydrogen-bond acceptors (Lipinski definition) is 3. The van der Waals surface area contributed by atoms with E-state index >= 15 is 0 Å². The third-order valence-electron chi connectivity index (χ3n) is 3.25. The van der Waals surface area contributed by atoms with Crippen LogP contribution in [-0.2, 0) is 6.18 Å². The Hall–Kier alpha value is -1.63. The van der Waals surface area contributed by atoms with E-state index in [1.807, 2.05) is 6.92 Å². The third-order valence-corrected chi connectivity index (χ3v) is 3.25. The van der Waals surface area contributed by atoms with Gasteiger partial charge in [-0.2, -0.15) is 13.2 Å². The maximum Gasteiger partial charge on any atom is 0.416 e. The summed E-state index contributed by atoms with van der Waals surface area (Å²) in [5.41, 5.74) is -1.21. The van der Waals surface area contributed by atoms with E-state index in [0.717, 1.165) is 6.07 Å². The highest BCUT2D eigenvalue weighted by Gasteiger charge is 2.34. The Morgan fingerprint density at radius 3 is 2.32 bits per heavy atom. The Balaban J connectivity index is 3.31. The number of alkyl halides is 3. The van der Waals surface area contributed by atoms with Gasteiger partial charge >= 0.3 is 6.18 Å². The van der Waals surface area contributed by atoms with Gasteiger partial charge in [0, 0.05) is 23.6 Å². The van der Waals surface area contributed by atoms with Crippen LogP contribution in [0.1, 0.15) is 30.9 Å². The van der Waals surface area contributed by atoms with E-state index in [-0.39, 0.29) is 12.0 Å². The molecule has 0 amide bonds. The first-order chi connectivity index (χ1) is 8.68. The highest BCUT2D eigenvalue weighted by Crippen LogP contribution is 2.36. The number of hydrogen-bond donors (Lipinski definition) is 1. The summed E-state index contributed by atoms with van der Waals surface area (Å²) in [7, 11) is 1.69. The van der Waals surface area contributed by atoms with Gasteiger partial charge in [0.05, 0.1) is 10.5 Å². The summed E-state index contributed by atoms with van der Waals surface area (Å²) in [6.45, 7) is 3.54. The minimum absolute atomic E-state index is 0.0876. The van der Waals surface area contributed by atoms with Gasteiger partial charge in [-0.15, -0.1) is 0 Å². The average molecular weight is 276 g/mol. The van der Waals surface area contributed by atoms with Crippen molar-refractivity contribution in [3.8, 4) is 0 Å². The number of nitro benzene ring substituents is 1. The molecule has 4 nitrogen and oxygen atoms in total. The van der Waals surface area contributed by atoms with E-state index in [0.29, 0.717) is 11.6 Å².